The Bertz CT molecular complexity index is 604. The molecule has 0 saturated heterocycles. The first-order valence-corrected chi connectivity index (χ1v) is 6.14. The van der Waals surface area contributed by atoms with Crippen LogP contribution in [0.15, 0.2) is 6.20 Å². The van der Waals surface area contributed by atoms with E-state index in [4.69, 9.17) is 16.7 Å². The summed E-state index contributed by atoms with van der Waals surface area (Å²) >= 11 is 6.15. The van der Waals surface area contributed by atoms with Crippen molar-refractivity contribution in [2.75, 3.05) is 0 Å². The predicted octanol–water partition coefficient (Wildman–Crippen LogP) is 1.04. The van der Waals surface area contributed by atoms with Crippen molar-refractivity contribution in [2.24, 2.45) is 7.05 Å². The average molecular weight is 284 g/mol. The number of carboxylic acid groups (broad SMARTS) is 1. The number of aliphatic carboxylic acids is 1. The molecular weight excluding hydrogens is 270 g/mol. The van der Waals surface area contributed by atoms with E-state index in [0.29, 0.717) is 23.7 Å². The summed E-state index contributed by atoms with van der Waals surface area (Å²) in [5, 5.41) is 21.3. The lowest BCUT2D eigenvalue weighted by molar-refractivity contribution is -0.136. The summed E-state index contributed by atoms with van der Waals surface area (Å²) in [5.74, 6) is -0.847. The third-order valence-corrected chi connectivity index (χ3v) is 3.25. The van der Waals surface area contributed by atoms with Gasteiger partial charge in [-0.1, -0.05) is 16.8 Å². The molecule has 8 heteroatoms. The Kier molecular flexibility index (Phi) is 3.84. The number of nitrogens with zero attached hydrogens (tertiary/aromatic N) is 5. The van der Waals surface area contributed by atoms with Gasteiger partial charge in [-0.15, -0.1) is 5.10 Å². The molecule has 0 aliphatic heterocycles. The summed E-state index contributed by atoms with van der Waals surface area (Å²) in [6.07, 6.45) is 2.14. The normalized spacial score (nSPS) is 10.9. The minimum Gasteiger partial charge on any atom is -0.481 e. The zero-order valence-electron chi connectivity index (χ0n) is 10.7. The Labute approximate surface area is 114 Å². The number of rotatable bonds is 5. The van der Waals surface area contributed by atoms with E-state index in [1.54, 1.807) is 15.6 Å². The van der Waals surface area contributed by atoms with Gasteiger partial charge in [0.15, 0.2) is 0 Å². The molecule has 0 aromatic carbocycles. The van der Waals surface area contributed by atoms with Gasteiger partial charge in [0.1, 0.15) is 0 Å². The molecule has 0 saturated carbocycles. The molecular formula is C11H14ClN5O2. The largest absolute Gasteiger partial charge is 0.481 e. The predicted molar refractivity (Wildman–Crippen MR) is 68.0 cm³/mol. The fraction of sp³-hybridized carbons (Fsp3) is 0.455. The lowest BCUT2D eigenvalue weighted by Crippen LogP contribution is -2.06. The van der Waals surface area contributed by atoms with Crippen molar-refractivity contribution in [3.8, 4) is 0 Å². The Morgan fingerprint density at radius 1 is 1.53 bits per heavy atom. The second-order valence-corrected chi connectivity index (χ2v) is 4.65. The van der Waals surface area contributed by atoms with E-state index in [0.717, 1.165) is 11.4 Å². The lowest BCUT2D eigenvalue weighted by Gasteiger charge is -2.01. The Morgan fingerprint density at radius 2 is 2.26 bits per heavy atom. The molecule has 0 bridgehead atoms. The first-order chi connectivity index (χ1) is 8.97. The molecule has 2 heterocycles. The molecule has 2 aromatic heterocycles. The molecule has 0 fully saturated rings. The lowest BCUT2D eigenvalue weighted by atomic mass is 10.2. The van der Waals surface area contributed by atoms with Crippen molar-refractivity contribution in [2.45, 2.75) is 26.3 Å². The standard InChI is InChI=1S/C11H14ClN5O2/c1-7-11(12)9(16(2)14-7)6-17-5-8(13-15-17)3-4-10(18)19/h5H,3-4,6H2,1-2H3,(H,18,19). The van der Waals surface area contributed by atoms with Gasteiger partial charge >= 0.3 is 5.97 Å². The van der Waals surface area contributed by atoms with Gasteiger partial charge in [0.25, 0.3) is 0 Å². The fourth-order valence-corrected chi connectivity index (χ4v) is 1.99. The maximum Gasteiger partial charge on any atom is 0.303 e. The van der Waals surface area contributed by atoms with Crippen LogP contribution in [0.25, 0.3) is 0 Å². The number of aryl methyl sites for hydroxylation is 3. The van der Waals surface area contributed by atoms with Crippen LogP contribution in [0, 0.1) is 6.92 Å². The highest BCUT2D eigenvalue weighted by molar-refractivity contribution is 6.31. The third-order valence-electron chi connectivity index (χ3n) is 2.75. The first kappa shape index (κ1) is 13.5. The van der Waals surface area contributed by atoms with Gasteiger partial charge in [0, 0.05) is 19.7 Å². The van der Waals surface area contributed by atoms with Crippen molar-refractivity contribution in [1.82, 2.24) is 24.8 Å². The summed E-state index contributed by atoms with van der Waals surface area (Å²) < 4.78 is 3.33. The van der Waals surface area contributed by atoms with Gasteiger partial charge in [-0.3, -0.25) is 9.48 Å². The van der Waals surface area contributed by atoms with Gasteiger partial charge in [-0.05, 0) is 6.92 Å². The van der Waals surface area contributed by atoms with Crippen LogP contribution in [0.2, 0.25) is 5.02 Å². The highest BCUT2D eigenvalue weighted by Gasteiger charge is 2.12. The fourth-order valence-electron chi connectivity index (χ4n) is 1.77. The number of hydrogen-bond donors (Lipinski definition) is 1. The first-order valence-electron chi connectivity index (χ1n) is 5.76. The van der Waals surface area contributed by atoms with E-state index in [1.165, 1.54) is 0 Å². The van der Waals surface area contributed by atoms with E-state index in [-0.39, 0.29) is 6.42 Å². The van der Waals surface area contributed by atoms with Crippen LogP contribution in [-0.4, -0.2) is 35.9 Å². The minimum absolute atomic E-state index is 0.0459. The summed E-state index contributed by atoms with van der Waals surface area (Å²) in [4.78, 5) is 10.5. The number of aromatic nitrogens is 5. The molecule has 2 rings (SSSR count). The molecule has 2 aromatic rings. The average Bonchev–Trinajstić information content (AvgIpc) is 2.88. The van der Waals surface area contributed by atoms with E-state index in [9.17, 15) is 4.79 Å². The maximum atomic E-state index is 10.5. The number of carboxylic acids is 1. The molecule has 0 unspecified atom stereocenters. The summed E-state index contributed by atoms with van der Waals surface area (Å²) in [5.41, 5.74) is 2.26. The molecule has 7 nitrogen and oxygen atoms in total. The molecule has 0 radical (unpaired) electrons. The molecule has 0 amide bonds. The summed E-state index contributed by atoms with van der Waals surface area (Å²) in [6.45, 7) is 2.29. The van der Waals surface area contributed by atoms with Crippen molar-refractivity contribution in [1.29, 1.82) is 0 Å². The Balaban J connectivity index is 2.09. The maximum absolute atomic E-state index is 10.5. The van der Waals surface area contributed by atoms with Gasteiger partial charge < -0.3 is 5.11 Å². The van der Waals surface area contributed by atoms with E-state index in [2.05, 4.69) is 15.4 Å². The molecule has 1 N–H and O–H groups in total. The van der Waals surface area contributed by atoms with E-state index < -0.39 is 5.97 Å². The van der Waals surface area contributed by atoms with Crippen molar-refractivity contribution >= 4 is 17.6 Å². The van der Waals surface area contributed by atoms with Gasteiger partial charge in [-0.25, -0.2) is 4.68 Å². The zero-order valence-corrected chi connectivity index (χ0v) is 11.4. The second kappa shape index (κ2) is 5.40. The Morgan fingerprint density at radius 3 is 2.84 bits per heavy atom. The molecule has 0 spiro atoms. The minimum atomic E-state index is -0.847. The van der Waals surface area contributed by atoms with Crippen LogP contribution in [-0.2, 0) is 24.8 Å². The van der Waals surface area contributed by atoms with Gasteiger partial charge in [0.2, 0.25) is 0 Å². The smallest absolute Gasteiger partial charge is 0.303 e. The molecule has 0 atom stereocenters. The molecule has 102 valence electrons. The Hall–Kier alpha value is -1.89. The van der Waals surface area contributed by atoms with Crippen LogP contribution in [0.5, 0.6) is 0 Å². The SMILES string of the molecule is Cc1nn(C)c(Cn2cc(CCC(=O)O)nn2)c1Cl. The van der Waals surface area contributed by atoms with Crippen LogP contribution in [0.1, 0.15) is 23.5 Å². The van der Waals surface area contributed by atoms with Gasteiger partial charge in [-0.2, -0.15) is 5.10 Å². The quantitative estimate of drug-likeness (QED) is 0.886. The number of carbonyl (C=O) groups is 1. The molecule has 19 heavy (non-hydrogen) atoms. The molecule has 0 aliphatic carbocycles. The summed E-state index contributed by atoms with van der Waals surface area (Å²) in [7, 11) is 1.82. The van der Waals surface area contributed by atoms with Crippen molar-refractivity contribution in [3.05, 3.63) is 28.3 Å². The van der Waals surface area contributed by atoms with Crippen LogP contribution < -0.4 is 0 Å². The number of halogens is 1. The summed E-state index contributed by atoms with van der Waals surface area (Å²) in [6, 6.07) is 0. The third kappa shape index (κ3) is 3.11. The highest BCUT2D eigenvalue weighted by atomic mass is 35.5. The van der Waals surface area contributed by atoms with Crippen LogP contribution >= 0.6 is 11.6 Å². The van der Waals surface area contributed by atoms with E-state index in [1.807, 2.05) is 14.0 Å². The van der Waals surface area contributed by atoms with Crippen molar-refractivity contribution in [3.63, 3.8) is 0 Å². The van der Waals surface area contributed by atoms with Crippen LogP contribution in [0.3, 0.4) is 0 Å². The van der Waals surface area contributed by atoms with Crippen LogP contribution in [0.4, 0.5) is 0 Å². The van der Waals surface area contributed by atoms with E-state index >= 15 is 0 Å². The highest BCUT2D eigenvalue weighted by Crippen LogP contribution is 2.20. The second-order valence-electron chi connectivity index (χ2n) is 4.27. The zero-order chi connectivity index (χ0) is 14.0. The topological polar surface area (TPSA) is 85.8 Å². The number of hydrogen-bond acceptors (Lipinski definition) is 4. The van der Waals surface area contributed by atoms with Crippen molar-refractivity contribution < 1.29 is 9.90 Å². The molecule has 0 aliphatic rings. The monoisotopic (exact) mass is 283 g/mol. The van der Waals surface area contributed by atoms with Gasteiger partial charge in [0.05, 0.1) is 35.1 Å².